The average molecular weight is 253 g/mol. The largest absolute Gasteiger partial charge is 0.369 e. The first-order chi connectivity index (χ1) is 9.21. The van der Waals surface area contributed by atoms with Gasteiger partial charge in [0.1, 0.15) is 0 Å². The number of amides is 1. The number of nitrogens with two attached hydrogens (primary N) is 1. The fraction of sp³-hybridized carbons (Fsp3) is 0.235. The molecule has 0 fully saturated rings. The van der Waals surface area contributed by atoms with Gasteiger partial charge in [-0.1, -0.05) is 74.0 Å². The molecule has 0 bridgehead atoms. The van der Waals surface area contributed by atoms with Crippen molar-refractivity contribution >= 4 is 5.91 Å². The number of primary amides is 1. The first-order valence-corrected chi connectivity index (χ1v) is 6.62. The van der Waals surface area contributed by atoms with Crippen LogP contribution in [0, 0.1) is 0 Å². The first-order valence-electron chi connectivity index (χ1n) is 6.62. The molecule has 0 heterocycles. The van der Waals surface area contributed by atoms with Crippen LogP contribution in [0.2, 0.25) is 0 Å². The summed E-state index contributed by atoms with van der Waals surface area (Å²) in [5, 5.41) is 0. The predicted molar refractivity (Wildman–Crippen MR) is 77.8 cm³/mol. The van der Waals surface area contributed by atoms with Gasteiger partial charge in [-0.2, -0.15) is 0 Å². The van der Waals surface area contributed by atoms with E-state index in [2.05, 4.69) is 6.92 Å². The molecular formula is C17H19NO. The van der Waals surface area contributed by atoms with Crippen molar-refractivity contribution < 1.29 is 4.79 Å². The normalized spacial score (nSPS) is 11.2. The SMILES string of the molecule is CCCC(C(N)=O)(c1ccccc1)c1ccccc1. The molecule has 98 valence electrons. The number of benzene rings is 2. The van der Waals surface area contributed by atoms with E-state index in [4.69, 9.17) is 5.73 Å². The zero-order valence-corrected chi connectivity index (χ0v) is 11.2. The minimum atomic E-state index is -0.725. The minimum absolute atomic E-state index is 0.285. The summed E-state index contributed by atoms with van der Waals surface area (Å²) in [5.74, 6) is -0.285. The monoisotopic (exact) mass is 253 g/mol. The fourth-order valence-corrected chi connectivity index (χ4v) is 2.68. The second-order valence-corrected chi connectivity index (χ2v) is 4.75. The Hall–Kier alpha value is -2.09. The van der Waals surface area contributed by atoms with E-state index in [1.165, 1.54) is 0 Å². The number of hydrogen-bond donors (Lipinski definition) is 1. The zero-order valence-electron chi connectivity index (χ0n) is 11.2. The molecule has 0 aromatic heterocycles. The van der Waals surface area contributed by atoms with Crippen molar-refractivity contribution in [1.29, 1.82) is 0 Å². The highest BCUT2D eigenvalue weighted by Crippen LogP contribution is 2.36. The van der Waals surface area contributed by atoms with E-state index < -0.39 is 5.41 Å². The molecular weight excluding hydrogens is 234 g/mol. The molecule has 0 atom stereocenters. The molecule has 0 aliphatic heterocycles. The zero-order chi connectivity index (χ0) is 13.7. The molecule has 2 rings (SSSR count). The Morgan fingerprint density at radius 1 is 0.947 bits per heavy atom. The number of carbonyl (C=O) groups excluding carboxylic acids is 1. The van der Waals surface area contributed by atoms with Gasteiger partial charge in [0.25, 0.3) is 0 Å². The lowest BCUT2D eigenvalue weighted by molar-refractivity contribution is -0.122. The minimum Gasteiger partial charge on any atom is -0.369 e. The van der Waals surface area contributed by atoms with E-state index in [0.717, 1.165) is 24.0 Å². The molecule has 0 aliphatic carbocycles. The molecule has 2 N–H and O–H groups in total. The van der Waals surface area contributed by atoms with Gasteiger partial charge >= 0.3 is 0 Å². The van der Waals surface area contributed by atoms with Gasteiger partial charge in [-0.25, -0.2) is 0 Å². The van der Waals surface area contributed by atoms with E-state index in [9.17, 15) is 4.79 Å². The maximum absolute atomic E-state index is 12.2. The van der Waals surface area contributed by atoms with Crippen molar-refractivity contribution in [3.8, 4) is 0 Å². The lowest BCUT2D eigenvalue weighted by Crippen LogP contribution is -2.42. The molecule has 0 saturated carbocycles. The van der Waals surface area contributed by atoms with Gasteiger partial charge in [-0.05, 0) is 17.5 Å². The molecule has 2 nitrogen and oxygen atoms in total. The Morgan fingerprint density at radius 2 is 1.37 bits per heavy atom. The molecule has 2 heteroatoms. The van der Waals surface area contributed by atoms with Crippen LogP contribution in [0.25, 0.3) is 0 Å². The number of hydrogen-bond acceptors (Lipinski definition) is 1. The maximum atomic E-state index is 12.2. The van der Waals surface area contributed by atoms with Gasteiger partial charge in [0.05, 0.1) is 5.41 Å². The van der Waals surface area contributed by atoms with Gasteiger partial charge in [0.15, 0.2) is 0 Å². The summed E-state index contributed by atoms with van der Waals surface area (Å²) in [6, 6.07) is 19.6. The van der Waals surface area contributed by atoms with Crippen LogP contribution in [-0.4, -0.2) is 5.91 Å². The van der Waals surface area contributed by atoms with Gasteiger partial charge in [0, 0.05) is 0 Å². The van der Waals surface area contributed by atoms with E-state index in [1.807, 2.05) is 60.7 Å². The predicted octanol–water partition coefficient (Wildman–Crippen LogP) is 3.26. The third kappa shape index (κ3) is 2.39. The molecule has 0 saturated heterocycles. The number of rotatable bonds is 5. The molecule has 0 spiro atoms. The Balaban J connectivity index is 2.65. The second kappa shape index (κ2) is 5.70. The second-order valence-electron chi connectivity index (χ2n) is 4.75. The summed E-state index contributed by atoms with van der Waals surface area (Å²) in [7, 11) is 0. The Kier molecular flexibility index (Phi) is 4.00. The molecule has 2 aromatic carbocycles. The highest BCUT2D eigenvalue weighted by Gasteiger charge is 2.39. The van der Waals surface area contributed by atoms with Crippen LogP contribution >= 0.6 is 0 Å². The van der Waals surface area contributed by atoms with E-state index in [-0.39, 0.29) is 5.91 Å². The third-order valence-electron chi connectivity index (χ3n) is 3.58. The van der Waals surface area contributed by atoms with Gasteiger partial charge in [-0.3, -0.25) is 4.79 Å². The summed E-state index contributed by atoms with van der Waals surface area (Å²) >= 11 is 0. The summed E-state index contributed by atoms with van der Waals surface area (Å²) in [5.41, 5.74) is 6.99. The molecule has 0 aliphatic rings. The third-order valence-corrected chi connectivity index (χ3v) is 3.58. The van der Waals surface area contributed by atoms with Gasteiger partial charge in [-0.15, -0.1) is 0 Å². The lowest BCUT2D eigenvalue weighted by atomic mass is 9.71. The molecule has 0 radical (unpaired) electrons. The fourth-order valence-electron chi connectivity index (χ4n) is 2.68. The summed E-state index contributed by atoms with van der Waals surface area (Å²) in [6.45, 7) is 2.07. The highest BCUT2D eigenvalue weighted by atomic mass is 16.1. The molecule has 0 unspecified atom stereocenters. The van der Waals surface area contributed by atoms with Crippen LogP contribution in [0.3, 0.4) is 0 Å². The van der Waals surface area contributed by atoms with Gasteiger partial charge < -0.3 is 5.73 Å². The average Bonchev–Trinajstić information content (AvgIpc) is 2.46. The van der Waals surface area contributed by atoms with Crippen LogP contribution in [0.15, 0.2) is 60.7 Å². The van der Waals surface area contributed by atoms with E-state index in [1.54, 1.807) is 0 Å². The summed E-state index contributed by atoms with van der Waals surface area (Å²) in [4.78, 5) is 12.2. The van der Waals surface area contributed by atoms with Crippen LogP contribution in [-0.2, 0) is 10.2 Å². The Morgan fingerprint density at radius 3 is 1.68 bits per heavy atom. The Labute approximate surface area is 114 Å². The van der Waals surface area contributed by atoms with Crippen molar-refractivity contribution in [2.45, 2.75) is 25.2 Å². The molecule has 19 heavy (non-hydrogen) atoms. The topological polar surface area (TPSA) is 43.1 Å². The number of carbonyl (C=O) groups is 1. The van der Waals surface area contributed by atoms with Gasteiger partial charge in [0.2, 0.25) is 5.91 Å². The summed E-state index contributed by atoms with van der Waals surface area (Å²) in [6.07, 6.45) is 1.61. The molecule has 2 aromatic rings. The van der Waals surface area contributed by atoms with E-state index in [0.29, 0.717) is 0 Å². The van der Waals surface area contributed by atoms with E-state index >= 15 is 0 Å². The van der Waals surface area contributed by atoms with Crippen molar-refractivity contribution in [2.24, 2.45) is 5.73 Å². The highest BCUT2D eigenvalue weighted by molar-refractivity contribution is 5.90. The molecule has 1 amide bonds. The van der Waals surface area contributed by atoms with Crippen molar-refractivity contribution in [1.82, 2.24) is 0 Å². The van der Waals surface area contributed by atoms with Crippen molar-refractivity contribution in [3.05, 3.63) is 71.8 Å². The van der Waals surface area contributed by atoms with Crippen molar-refractivity contribution in [3.63, 3.8) is 0 Å². The van der Waals surface area contributed by atoms with Crippen LogP contribution in [0.1, 0.15) is 30.9 Å². The lowest BCUT2D eigenvalue weighted by Gasteiger charge is -2.31. The van der Waals surface area contributed by atoms with Crippen LogP contribution in [0.4, 0.5) is 0 Å². The maximum Gasteiger partial charge on any atom is 0.232 e. The Bertz CT molecular complexity index is 494. The first kappa shape index (κ1) is 13.3. The standard InChI is InChI=1S/C17H19NO/c1-2-13-17(16(18)19,14-9-5-3-6-10-14)15-11-7-4-8-12-15/h3-12H,2,13H2,1H3,(H2,18,19). The smallest absolute Gasteiger partial charge is 0.232 e. The van der Waals surface area contributed by atoms with Crippen molar-refractivity contribution in [2.75, 3.05) is 0 Å². The quantitative estimate of drug-likeness (QED) is 0.873. The summed E-state index contributed by atoms with van der Waals surface area (Å²) < 4.78 is 0. The van der Waals surface area contributed by atoms with Crippen LogP contribution < -0.4 is 5.73 Å². The van der Waals surface area contributed by atoms with Crippen LogP contribution in [0.5, 0.6) is 0 Å².